The standard InChI is InChI=1S/C33H29BN2/c1-24-14-10-11-22-30(24)36-33-25(2)15-12-23-31(33)35(3)34(36)32-28(26-16-6-4-7-17-26)20-13-21-29(32)27-18-8-5-9-19-27/h4-23H,1-3H3. The molecule has 1 aliphatic heterocycles. The van der Waals surface area contributed by atoms with Crippen molar-refractivity contribution in [1.82, 2.24) is 0 Å². The number of hydrogen-bond acceptors (Lipinski definition) is 2. The van der Waals surface area contributed by atoms with Gasteiger partial charge in [0, 0.05) is 11.4 Å². The second kappa shape index (κ2) is 9.09. The fraction of sp³-hybridized carbons (Fsp3) is 0.0909. The largest absolute Gasteiger partial charge is 0.417 e. The van der Waals surface area contributed by atoms with Crippen LogP contribution in [0.2, 0.25) is 0 Å². The van der Waals surface area contributed by atoms with E-state index in [1.165, 1.54) is 55.9 Å². The first-order chi connectivity index (χ1) is 17.6. The highest BCUT2D eigenvalue weighted by molar-refractivity contribution is 6.85. The Bertz CT molecular complexity index is 1470. The summed E-state index contributed by atoms with van der Waals surface area (Å²) in [5.74, 6) is 0. The highest BCUT2D eigenvalue weighted by Crippen LogP contribution is 2.46. The number of para-hydroxylation sites is 2. The summed E-state index contributed by atoms with van der Waals surface area (Å²) in [6.07, 6.45) is 0. The Morgan fingerprint density at radius 2 is 1.00 bits per heavy atom. The lowest BCUT2D eigenvalue weighted by Crippen LogP contribution is -2.55. The summed E-state index contributed by atoms with van der Waals surface area (Å²) >= 11 is 0. The van der Waals surface area contributed by atoms with E-state index in [4.69, 9.17) is 0 Å². The number of hydrogen-bond donors (Lipinski definition) is 0. The first kappa shape index (κ1) is 22.2. The molecule has 1 aliphatic rings. The van der Waals surface area contributed by atoms with Crippen LogP contribution in [0, 0.1) is 13.8 Å². The Balaban J connectivity index is 1.69. The predicted molar refractivity (Wildman–Crippen MR) is 156 cm³/mol. The maximum absolute atomic E-state index is 2.55. The summed E-state index contributed by atoms with van der Waals surface area (Å²) in [5.41, 5.74) is 12.6. The summed E-state index contributed by atoms with van der Waals surface area (Å²) in [6, 6.07) is 43.7. The molecule has 0 fully saturated rings. The quantitative estimate of drug-likeness (QED) is 0.253. The number of rotatable bonds is 4. The fourth-order valence-electron chi connectivity index (χ4n) is 5.66. The maximum atomic E-state index is 2.55. The number of anilines is 3. The Morgan fingerprint density at radius 1 is 0.500 bits per heavy atom. The molecule has 0 aliphatic carbocycles. The highest BCUT2D eigenvalue weighted by atomic mass is 15.3. The van der Waals surface area contributed by atoms with Gasteiger partial charge in [0.15, 0.2) is 0 Å². The van der Waals surface area contributed by atoms with Crippen molar-refractivity contribution in [2.24, 2.45) is 0 Å². The van der Waals surface area contributed by atoms with Gasteiger partial charge in [-0.1, -0.05) is 109 Å². The van der Waals surface area contributed by atoms with Crippen LogP contribution in [0.3, 0.4) is 0 Å². The monoisotopic (exact) mass is 464 g/mol. The van der Waals surface area contributed by atoms with Crippen LogP contribution >= 0.6 is 0 Å². The van der Waals surface area contributed by atoms with Gasteiger partial charge in [-0.2, -0.15) is 0 Å². The molecule has 0 amide bonds. The lowest BCUT2D eigenvalue weighted by molar-refractivity contribution is 1.31. The van der Waals surface area contributed by atoms with Crippen LogP contribution in [0.15, 0.2) is 121 Å². The van der Waals surface area contributed by atoms with Crippen molar-refractivity contribution in [3.63, 3.8) is 0 Å². The summed E-state index contributed by atoms with van der Waals surface area (Å²) in [4.78, 5) is 5.00. The van der Waals surface area contributed by atoms with Gasteiger partial charge in [-0.3, -0.25) is 0 Å². The van der Waals surface area contributed by atoms with Crippen molar-refractivity contribution in [3.05, 3.63) is 132 Å². The minimum atomic E-state index is -0.00573. The Kier molecular flexibility index (Phi) is 5.62. The zero-order chi connectivity index (χ0) is 24.6. The van der Waals surface area contributed by atoms with Crippen molar-refractivity contribution in [2.45, 2.75) is 13.8 Å². The second-order valence-electron chi connectivity index (χ2n) is 9.58. The molecule has 3 heteroatoms. The molecule has 0 aromatic heterocycles. The lowest BCUT2D eigenvalue weighted by Gasteiger charge is -2.32. The SMILES string of the molecule is Cc1ccccc1N1B(c2c(-c3ccccc3)cccc2-c2ccccc2)N(C)c2cccc(C)c21. The van der Waals surface area contributed by atoms with Crippen LogP contribution in [-0.2, 0) is 0 Å². The van der Waals surface area contributed by atoms with Crippen molar-refractivity contribution >= 4 is 29.5 Å². The molecule has 6 rings (SSSR count). The molecule has 5 aromatic rings. The van der Waals surface area contributed by atoms with Crippen molar-refractivity contribution in [2.75, 3.05) is 16.7 Å². The summed E-state index contributed by atoms with van der Waals surface area (Å²) in [6.45, 7) is 4.43. The van der Waals surface area contributed by atoms with Crippen LogP contribution in [-0.4, -0.2) is 14.0 Å². The first-order valence-electron chi connectivity index (χ1n) is 12.6. The molecule has 0 saturated heterocycles. The van der Waals surface area contributed by atoms with E-state index >= 15 is 0 Å². The topological polar surface area (TPSA) is 6.48 Å². The molecule has 0 N–H and O–H groups in total. The minimum Gasteiger partial charge on any atom is -0.393 e. The van der Waals surface area contributed by atoms with Gasteiger partial charge in [0.2, 0.25) is 0 Å². The van der Waals surface area contributed by atoms with E-state index in [1.54, 1.807) is 0 Å². The van der Waals surface area contributed by atoms with E-state index in [0.29, 0.717) is 0 Å². The van der Waals surface area contributed by atoms with Crippen LogP contribution < -0.4 is 15.1 Å². The molecule has 0 unspecified atom stereocenters. The van der Waals surface area contributed by atoms with Gasteiger partial charge in [0.25, 0.3) is 0 Å². The Labute approximate surface area is 214 Å². The first-order valence-corrected chi connectivity index (χ1v) is 12.6. The van der Waals surface area contributed by atoms with E-state index in [2.05, 4.69) is 152 Å². The summed E-state index contributed by atoms with van der Waals surface area (Å²) < 4.78 is 0. The average Bonchev–Trinajstić information content (AvgIpc) is 3.22. The van der Waals surface area contributed by atoms with Crippen molar-refractivity contribution in [1.29, 1.82) is 0 Å². The zero-order valence-electron chi connectivity index (χ0n) is 21.0. The van der Waals surface area contributed by atoms with Gasteiger partial charge in [-0.05, 0) is 71.9 Å². The predicted octanol–water partition coefficient (Wildman–Crippen LogP) is 7.62. The van der Waals surface area contributed by atoms with Gasteiger partial charge in [0.1, 0.15) is 0 Å². The summed E-state index contributed by atoms with van der Waals surface area (Å²) in [5, 5.41) is 0. The number of nitrogens with zero attached hydrogens (tertiary/aromatic N) is 2. The van der Waals surface area contributed by atoms with Crippen LogP contribution in [0.5, 0.6) is 0 Å². The van der Waals surface area contributed by atoms with E-state index in [-0.39, 0.29) is 6.98 Å². The van der Waals surface area contributed by atoms with Gasteiger partial charge < -0.3 is 9.62 Å². The molecule has 0 bridgehead atoms. The third-order valence-electron chi connectivity index (χ3n) is 7.36. The number of aryl methyl sites for hydroxylation is 2. The molecule has 1 heterocycles. The molecule has 0 saturated carbocycles. The van der Waals surface area contributed by atoms with Gasteiger partial charge in [-0.15, -0.1) is 0 Å². The van der Waals surface area contributed by atoms with Crippen LogP contribution in [0.1, 0.15) is 11.1 Å². The molecule has 2 nitrogen and oxygen atoms in total. The average molecular weight is 464 g/mol. The van der Waals surface area contributed by atoms with E-state index < -0.39 is 0 Å². The third-order valence-corrected chi connectivity index (χ3v) is 7.36. The van der Waals surface area contributed by atoms with E-state index in [0.717, 1.165) is 0 Å². The molecule has 0 spiro atoms. The molecule has 5 aromatic carbocycles. The van der Waals surface area contributed by atoms with E-state index in [1.807, 2.05) is 0 Å². The molecular formula is C33H29BN2. The van der Waals surface area contributed by atoms with Crippen LogP contribution in [0.4, 0.5) is 17.1 Å². The molecule has 0 atom stereocenters. The summed E-state index contributed by atoms with van der Waals surface area (Å²) in [7, 11) is 2.23. The zero-order valence-corrected chi connectivity index (χ0v) is 21.0. The maximum Gasteiger partial charge on any atom is 0.417 e. The number of benzene rings is 5. The fourth-order valence-corrected chi connectivity index (χ4v) is 5.66. The van der Waals surface area contributed by atoms with Gasteiger partial charge in [-0.25, -0.2) is 0 Å². The second-order valence-corrected chi connectivity index (χ2v) is 9.58. The molecular weight excluding hydrogens is 435 g/mol. The normalized spacial score (nSPS) is 12.7. The lowest BCUT2D eigenvalue weighted by atomic mass is 9.60. The van der Waals surface area contributed by atoms with E-state index in [9.17, 15) is 0 Å². The smallest absolute Gasteiger partial charge is 0.393 e. The van der Waals surface area contributed by atoms with Gasteiger partial charge >= 0.3 is 6.98 Å². The molecule has 36 heavy (non-hydrogen) atoms. The highest BCUT2D eigenvalue weighted by Gasteiger charge is 2.44. The Morgan fingerprint density at radius 3 is 1.61 bits per heavy atom. The number of fused-ring (bicyclic) bond motifs is 1. The van der Waals surface area contributed by atoms with Crippen LogP contribution in [0.25, 0.3) is 22.3 Å². The van der Waals surface area contributed by atoms with Crippen molar-refractivity contribution < 1.29 is 0 Å². The third kappa shape index (κ3) is 3.60. The van der Waals surface area contributed by atoms with Crippen molar-refractivity contribution in [3.8, 4) is 22.3 Å². The van der Waals surface area contributed by atoms with Gasteiger partial charge in [0.05, 0.1) is 5.69 Å². The molecule has 0 radical (unpaired) electrons. The minimum absolute atomic E-state index is 0.00573. The molecule has 174 valence electrons. The Hall–Kier alpha value is -4.24.